The Labute approximate surface area is 123 Å². The summed E-state index contributed by atoms with van der Waals surface area (Å²) in [5.41, 5.74) is 0.932. The highest BCUT2D eigenvalue weighted by atomic mass is 32.2. The molecular weight excluding hydrogens is 296 g/mol. The summed E-state index contributed by atoms with van der Waals surface area (Å²) >= 11 is 0. The molecule has 0 heterocycles. The van der Waals surface area contributed by atoms with Gasteiger partial charge in [-0.1, -0.05) is 17.7 Å². The van der Waals surface area contributed by atoms with E-state index in [0.29, 0.717) is 0 Å². The first-order valence-electron chi connectivity index (χ1n) is 6.34. The number of benzene rings is 1. The number of carbonyl (C=O) groups is 2. The number of nitrogens with one attached hydrogen (secondary N) is 2. The molecule has 1 rings (SSSR count). The van der Waals surface area contributed by atoms with Crippen molar-refractivity contribution in [2.45, 2.75) is 18.7 Å². The molecule has 0 radical (unpaired) electrons. The van der Waals surface area contributed by atoms with Gasteiger partial charge in [-0.25, -0.2) is 13.1 Å². The SMILES string of the molecule is CCOC(=O)CNC(=O)CNS(=O)(=O)c1ccc(C)cc1. The molecule has 2 N–H and O–H groups in total. The minimum absolute atomic E-state index is 0.0753. The molecule has 0 fully saturated rings. The molecule has 0 aliphatic heterocycles. The summed E-state index contributed by atoms with van der Waals surface area (Å²) in [7, 11) is -3.75. The molecule has 1 aromatic rings. The third-order valence-electron chi connectivity index (χ3n) is 2.49. The van der Waals surface area contributed by atoms with Crippen molar-refractivity contribution >= 4 is 21.9 Å². The van der Waals surface area contributed by atoms with E-state index in [2.05, 4.69) is 14.8 Å². The number of aryl methyl sites for hydroxylation is 1. The lowest BCUT2D eigenvalue weighted by atomic mass is 10.2. The highest BCUT2D eigenvalue weighted by Crippen LogP contribution is 2.09. The molecule has 21 heavy (non-hydrogen) atoms. The largest absolute Gasteiger partial charge is 0.465 e. The van der Waals surface area contributed by atoms with E-state index in [1.165, 1.54) is 12.1 Å². The molecule has 7 nitrogen and oxygen atoms in total. The monoisotopic (exact) mass is 314 g/mol. The fraction of sp³-hybridized carbons (Fsp3) is 0.385. The Kier molecular flexibility index (Phi) is 6.32. The van der Waals surface area contributed by atoms with Crippen LogP contribution in [-0.4, -0.2) is 40.0 Å². The Morgan fingerprint density at radius 1 is 1.14 bits per heavy atom. The zero-order valence-electron chi connectivity index (χ0n) is 11.9. The van der Waals surface area contributed by atoms with Gasteiger partial charge in [0.05, 0.1) is 18.0 Å². The van der Waals surface area contributed by atoms with Gasteiger partial charge >= 0.3 is 5.97 Å². The molecule has 0 aromatic heterocycles. The van der Waals surface area contributed by atoms with Gasteiger partial charge in [-0.3, -0.25) is 9.59 Å². The van der Waals surface area contributed by atoms with E-state index >= 15 is 0 Å². The topological polar surface area (TPSA) is 102 Å². The van der Waals surface area contributed by atoms with Crippen molar-refractivity contribution in [1.29, 1.82) is 0 Å². The van der Waals surface area contributed by atoms with Crippen LogP contribution in [0.15, 0.2) is 29.2 Å². The van der Waals surface area contributed by atoms with Gasteiger partial charge in [0.2, 0.25) is 15.9 Å². The second-order valence-electron chi connectivity index (χ2n) is 4.22. The number of sulfonamides is 1. The molecule has 0 spiro atoms. The first kappa shape index (κ1) is 17.1. The molecule has 0 saturated carbocycles. The quantitative estimate of drug-likeness (QED) is 0.687. The molecule has 0 unspecified atom stereocenters. The van der Waals surface area contributed by atoms with E-state index in [1.807, 2.05) is 6.92 Å². The summed E-state index contributed by atoms with van der Waals surface area (Å²) in [6.07, 6.45) is 0. The number of rotatable bonds is 7. The van der Waals surface area contributed by atoms with E-state index in [-0.39, 0.29) is 18.0 Å². The van der Waals surface area contributed by atoms with Crippen LogP contribution in [0.25, 0.3) is 0 Å². The second-order valence-corrected chi connectivity index (χ2v) is 5.99. The second kappa shape index (κ2) is 7.75. The zero-order chi connectivity index (χ0) is 15.9. The summed E-state index contributed by atoms with van der Waals surface area (Å²) in [5, 5.41) is 2.26. The standard InChI is InChI=1S/C13H18N2O5S/c1-3-20-13(17)9-14-12(16)8-15-21(18,19)11-6-4-10(2)5-7-11/h4-7,15H,3,8-9H2,1-2H3,(H,14,16). The van der Waals surface area contributed by atoms with Crippen molar-refractivity contribution in [1.82, 2.24) is 10.0 Å². The minimum Gasteiger partial charge on any atom is -0.465 e. The molecule has 0 aliphatic rings. The van der Waals surface area contributed by atoms with E-state index < -0.39 is 28.4 Å². The molecule has 8 heteroatoms. The van der Waals surface area contributed by atoms with Crippen LogP contribution < -0.4 is 10.0 Å². The van der Waals surface area contributed by atoms with Crippen LogP contribution in [0.4, 0.5) is 0 Å². The first-order valence-corrected chi connectivity index (χ1v) is 7.82. The van der Waals surface area contributed by atoms with Crippen LogP contribution in [0, 0.1) is 6.92 Å². The van der Waals surface area contributed by atoms with Crippen molar-refractivity contribution in [2.75, 3.05) is 19.7 Å². The minimum atomic E-state index is -3.75. The smallest absolute Gasteiger partial charge is 0.325 e. The Bertz CT molecular complexity index is 595. The number of hydrogen-bond acceptors (Lipinski definition) is 5. The van der Waals surface area contributed by atoms with Gasteiger partial charge in [-0.2, -0.15) is 0 Å². The normalized spacial score (nSPS) is 11.0. The van der Waals surface area contributed by atoms with Crippen LogP contribution in [0.5, 0.6) is 0 Å². The Balaban J connectivity index is 2.48. The summed E-state index contributed by atoms with van der Waals surface area (Å²) in [4.78, 5) is 22.5. The molecular formula is C13H18N2O5S. The Hall–Kier alpha value is -1.93. The fourth-order valence-corrected chi connectivity index (χ4v) is 2.39. The summed E-state index contributed by atoms with van der Waals surface area (Å²) in [6.45, 7) is 2.96. The first-order chi connectivity index (χ1) is 9.85. The van der Waals surface area contributed by atoms with E-state index in [1.54, 1.807) is 19.1 Å². The zero-order valence-corrected chi connectivity index (χ0v) is 12.7. The van der Waals surface area contributed by atoms with Gasteiger partial charge in [0.25, 0.3) is 0 Å². The summed E-state index contributed by atoms with van der Waals surface area (Å²) in [5.74, 6) is -1.19. The molecule has 1 aromatic carbocycles. The molecule has 0 saturated heterocycles. The van der Waals surface area contributed by atoms with Gasteiger partial charge in [-0.15, -0.1) is 0 Å². The van der Waals surface area contributed by atoms with Crippen LogP contribution in [-0.2, 0) is 24.3 Å². The highest BCUT2D eigenvalue weighted by Gasteiger charge is 2.15. The average molecular weight is 314 g/mol. The van der Waals surface area contributed by atoms with E-state index in [9.17, 15) is 18.0 Å². The van der Waals surface area contributed by atoms with Crippen LogP contribution in [0.1, 0.15) is 12.5 Å². The number of ether oxygens (including phenoxy) is 1. The predicted molar refractivity (Wildman–Crippen MR) is 76.0 cm³/mol. The third-order valence-corrected chi connectivity index (χ3v) is 3.91. The molecule has 0 aliphatic carbocycles. The van der Waals surface area contributed by atoms with Crippen molar-refractivity contribution < 1.29 is 22.7 Å². The maximum Gasteiger partial charge on any atom is 0.325 e. The van der Waals surface area contributed by atoms with Crippen molar-refractivity contribution in [3.8, 4) is 0 Å². The van der Waals surface area contributed by atoms with Gasteiger partial charge in [-0.05, 0) is 26.0 Å². The maximum atomic E-state index is 11.9. The maximum absolute atomic E-state index is 11.9. The molecule has 1 amide bonds. The number of hydrogen-bond donors (Lipinski definition) is 2. The lowest BCUT2D eigenvalue weighted by Crippen LogP contribution is -2.39. The highest BCUT2D eigenvalue weighted by molar-refractivity contribution is 7.89. The average Bonchev–Trinajstić information content (AvgIpc) is 2.44. The van der Waals surface area contributed by atoms with Crippen molar-refractivity contribution in [2.24, 2.45) is 0 Å². The van der Waals surface area contributed by atoms with Crippen molar-refractivity contribution in [3.63, 3.8) is 0 Å². The van der Waals surface area contributed by atoms with Gasteiger partial charge < -0.3 is 10.1 Å². The van der Waals surface area contributed by atoms with Gasteiger partial charge in [0.15, 0.2) is 0 Å². The number of carbonyl (C=O) groups excluding carboxylic acids is 2. The number of amides is 1. The van der Waals surface area contributed by atoms with Crippen molar-refractivity contribution in [3.05, 3.63) is 29.8 Å². The molecule has 116 valence electrons. The van der Waals surface area contributed by atoms with E-state index in [0.717, 1.165) is 5.56 Å². The van der Waals surface area contributed by atoms with Gasteiger partial charge in [0.1, 0.15) is 6.54 Å². The lowest BCUT2D eigenvalue weighted by Gasteiger charge is -2.08. The Morgan fingerprint density at radius 2 is 1.76 bits per heavy atom. The lowest BCUT2D eigenvalue weighted by molar-refractivity contribution is -0.143. The Morgan fingerprint density at radius 3 is 2.33 bits per heavy atom. The third kappa shape index (κ3) is 5.92. The summed E-state index contributed by atoms with van der Waals surface area (Å²) in [6, 6.07) is 6.23. The number of esters is 1. The van der Waals surface area contributed by atoms with Crippen LogP contribution >= 0.6 is 0 Å². The molecule has 0 atom stereocenters. The van der Waals surface area contributed by atoms with E-state index in [4.69, 9.17) is 0 Å². The predicted octanol–water partition coefficient (Wildman–Crippen LogP) is -0.0474. The van der Waals surface area contributed by atoms with Crippen LogP contribution in [0.3, 0.4) is 0 Å². The molecule has 0 bridgehead atoms. The fourth-order valence-electron chi connectivity index (χ4n) is 1.41. The van der Waals surface area contributed by atoms with Crippen LogP contribution in [0.2, 0.25) is 0 Å². The van der Waals surface area contributed by atoms with Gasteiger partial charge in [0, 0.05) is 0 Å². The summed E-state index contributed by atoms with van der Waals surface area (Å²) < 4.78 is 30.6.